The Morgan fingerprint density at radius 3 is 2.53 bits per heavy atom. The van der Waals surface area contributed by atoms with E-state index in [1.165, 1.54) is 9.88 Å². The lowest BCUT2D eigenvalue weighted by atomic mass is 10.3. The van der Waals surface area contributed by atoms with Crippen LogP contribution in [-0.2, 0) is 6.42 Å². The van der Waals surface area contributed by atoms with Gasteiger partial charge in [-0.2, -0.15) is 0 Å². The van der Waals surface area contributed by atoms with Gasteiger partial charge in [-0.1, -0.05) is 15.9 Å². The lowest BCUT2D eigenvalue weighted by Crippen LogP contribution is -2.04. The van der Waals surface area contributed by atoms with Gasteiger partial charge >= 0.3 is 0 Å². The molecule has 0 saturated heterocycles. The van der Waals surface area contributed by atoms with Crippen LogP contribution in [0.3, 0.4) is 0 Å². The van der Waals surface area contributed by atoms with Gasteiger partial charge in [-0.15, -0.1) is 11.3 Å². The monoisotopic (exact) mass is 310 g/mol. The maximum absolute atomic E-state index is 4.53. The Balaban J connectivity index is 1.85. The number of aromatic nitrogens is 1. The largest absolute Gasteiger partial charge is 0.385 e. The average molecular weight is 311 g/mol. The topological polar surface area (TPSA) is 24.9 Å². The molecule has 0 amide bonds. The van der Waals surface area contributed by atoms with E-state index in [2.05, 4.69) is 52.2 Å². The number of thiazole rings is 1. The normalized spacial score (nSPS) is 10.5. The molecule has 90 valence electrons. The Bertz CT molecular complexity index is 471. The minimum atomic E-state index is 0.925. The minimum absolute atomic E-state index is 0.925. The van der Waals surface area contributed by atoms with E-state index >= 15 is 0 Å². The third-order valence-electron chi connectivity index (χ3n) is 2.59. The first-order valence-electron chi connectivity index (χ1n) is 5.57. The first kappa shape index (κ1) is 12.6. The SMILES string of the molecule is Cc1nc(CCNc2ccc(Br)cc2)sc1C. The molecule has 0 bridgehead atoms. The van der Waals surface area contributed by atoms with E-state index in [1.54, 1.807) is 11.3 Å². The number of halogens is 1. The van der Waals surface area contributed by atoms with E-state index in [4.69, 9.17) is 0 Å². The fourth-order valence-electron chi connectivity index (χ4n) is 1.53. The van der Waals surface area contributed by atoms with Crippen molar-refractivity contribution in [2.45, 2.75) is 20.3 Å². The van der Waals surface area contributed by atoms with Gasteiger partial charge in [0.25, 0.3) is 0 Å². The van der Waals surface area contributed by atoms with Crippen LogP contribution >= 0.6 is 27.3 Å². The average Bonchev–Trinajstić information content (AvgIpc) is 2.61. The zero-order valence-corrected chi connectivity index (χ0v) is 12.4. The first-order valence-corrected chi connectivity index (χ1v) is 7.18. The summed E-state index contributed by atoms with van der Waals surface area (Å²) in [6.07, 6.45) is 0.982. The van der Waals surface area contributed by atoms with Gasteiger partial charge in [-0.3, -0.25) is 0 Å². The molecule has 0 unspecified atom stereocenters. The summed E-state index contributed by atoms with van der Waals surface area (Å²) in [4.78, 5) is 5.85. The van der Waals surface area contributed by atoms with Crippen LogP contribution in [0, 0.1) is 13.8 Å². The van der Waals surface area contributed by atoms with Crippen LogP contribution in [0.5, 0.6) is 0 Å². The van der Waals surface area contributed by atoms with Gasteiger partial charge in [0.15, 0.2) is 0 Å². The fourth-order valence-corrected chi connectivity index (χ4v) is 2.73. The molecule has 0 radical (unpaired) electrons. The zero-order chi connectivity index (χ0) is 12.3. The van der Waals surface area contributed by atoms with Gasteiger partial charge in [-0.25, -0.2) is 4.98 Å². The van der Waals surface area contributed by atoms with Crippen molar-refractivity contribution in [1.82, 2.24) is 4.98 Å². The molecule has 2 nitrogen and oxygen atoms in total. The number of nitrogens with one attached hydrogen (secondary N) is 1. The number of nitrogens with zero attached hydrogens (tertiary/aromatic N) is 1. The molecule has 0 spiro atoms. The fraction of sp³-hybridized carbons (Fsp3) is 0.308. The highest BCUT2D eigenvalue weighted by atomic mass is 79.9. The molecule has 0 fully saturated rings. The van der Waals surface area contributed by atoms with Gasteiger partial charge in [-0.05, 0) is 38.1 Å². The van der Waals surface area contributed by atoms with Gasteiger partial charge < -0.3 is 5.32 Å². The van der Waals surface area contributed by atoms with Crippen molar-refractivity contribution in [2.75, 3.05) is 11.9 Å². The zero-order valence-electron chi connectivity index (χ0n) is 9.96. The molecule has 0 atom stereocenters. The Labute approximate surface area is 114 Å². The van der Waals surface area contributed by atoms with Crippen molar-refractivity contribution in [3.63, 3.8) is 0 Å². The maximum Gasteiger partial charge on any atom is 0.0948 e. The molecule has 1 heterocycles. The summed E-state index contributed by atoms with van der Waals surface area (Å²) in [6.45, 7) is 5.12. The Morgan fingerprint density at radius 2 is 1.94 bits per heavy atom. The lowest BCUT2D eigenvalue weighted by molar-refractivity contribution is 0.985. The van der Waals surface area contributed by atoms with E-state index in [1.807, 2.05) is 12.1 Å². The summed E-state index contributed by atoms with van der Waals surface area (Å²) < 4.78 is 1.11. The smallest absolute Gasteiger partial charge is 0.0948 e. The van der Waals surface area contributed by atoms with Crippen molar-refractivity contribution in [3.8, 4) is 0 Å². The number of anilines is 1. The van der Waals surface area contributed by atoms with Gasteiger partial charge in [0.1, 0.15) is 0 Å². The van der Waals surface area contributed by atoms with Crippen LogP contribution in [0.1, 0.15) is 15.6 Å². The van der Waals surface area contributed by atoms with Crippen LogP contribution in [-0.4, -0.2) is 11.5 Å². The molecule has 0 aliphatic rings. The molecule has 1 aromatic carbocycles. The maximum atomic E-state index is 4.53. The van der Waals surface area contributed by atoms with E-state index in [-0.39, 0.29) is 0 Å². The Morgan fingerprint density at radius 1 is 1.24 bits per heavy atom. The van der Waals surface area contributed by atoms with Crippen LogP contribution in [0.25, 0.3) is 0 Å². The van der Waals surface area contributed by atoms with Crippen LogP contribution in [0.15, 0.2) is 28.7 Å². The van der Waals surface area contributed by atoms with Crippen LogP contribution < -0.4 is 5.32 Å². The number of benzene rings is 1. The molecule has 0 aliphatic carbocycles. The summed E-state index contributed by atoms with van der Waals surface area (Å²) >= 11 is 5.22. The highest BCUT2D eigenvalue weighted by Crippen LogP contribution is 2.17. The van der Waals surface area contributed by atoms with Crippen LogP contribution in [0.2, 0.25) is 0 Å². The van der Waals surface area contributed by atoms with Crippen molar-refractivity contribution in [2.24, 2.45) is 0 Å². The molecule has 0 saturated carbocycles. The first-order chi connectivity index (χ1) is 8.15. The third-order valence-corrected chi connectivity index (χ3v) is 4.25. The molecule has 1 aromatic heterocycles. The molecule has 1 N–H and O–H groups in total. The molecule has 4 heteroatoms. The Hall–Kier alpha value is -0.870. The van der Waals surface area contributed by atoms with Crippen molar-refractivity contribution >= 4 is 33.0 Å². The molecule has 2 rings (SSSR count). The molecular formula is C13H15BrN2S. The van der Waals surface area contributed by atoms with E-state index in [0.717, 1.165) is 28.8 Å². The minimum Gasteiger partial charge on any atom is -0.385 e. The van der Waals surface area contributed by atoms with E-state index in [0.29, 0.717) is 0 Å². The highest BCUT2D eigenvalue weighted by molar-refractivity contribution is 9.10. The second-order valence-electron chi connectivity index (χ2n) is 3.93. The molecule has 17 heavy (non-hydrogen) atoms. The third kappa shape index (κ3) is 3.54. The lowest BCUT2D eigenvalue weighted by Gasteiger charge is -2.04. The number of hydrogen-bond donors (Lipinski definition) is 1. The predicted octanol–water partition coefficient (Wildman–Crippen LogP) is 4.18. The second kappa shape index (κ2) is 5.65. The standard InChI is InChI=1S/C13H15BrN2S/c1-9-10(2)17-13(16-9)7-8-15-12-5-3-11(14)4-6-12/h3-6,15H,7-8H2,1-2H3. The van der Waals surface area contributed by atoms with E-state index in [9.17, 15) is 0 Å². The van der Waals surface area contributed by atoms with Gasteiger partial charge in [0.05, 0.1) is 10.7 Å². The summed E-state index contributed by atoms with van der Waals surface area (Å²) in [6, 6.07) is 8.23. The molecule has 2 aromatic rings. The van der Waals surface area contributed by atoms with Crippen molar-refractivity contribution < 1.29 is 0 Å². The summed E-state index contributed by atoms with van der Waals surface area (Å²) in [5.74, 6) is 0. The number of hydrogen-bond acceptors (Lipinski definition) is 3. The van der Waals surface area contributed by atoms with Crippen molar-refractivity contribution in [3.05, 3.63) is 44.3 Å². The molecular weight excluding hydrogens is 296 g/mol. The summed E-state index contributed by atoms with van der Waals surface area (Å²) in [5, 5.41) is 4.61. The van der Waals surface area contributed by atoms with E-state index < -0.39 is 0 Å². The van der Waals surface area contributed by atoms with Crippen molar-refractivity contribution in [1.29, 1.82) is 0 Å². The second-order valence-corrected chi connectivity index (χ2v) is 6.14. The molecule has 0 aliphatic heterocycles. The number of rotatable bonds is 4. The van der Waals surface area contributed by atoms with Crippen LogP contribution in [0.4, 0.5) is 5.69 Å². The summed E-state index contributed by atoms with van der Waals surface area (Å²) in [5.41, 5.74) is 2.31. The highest BCUT2D eigenvalue weighted by Gasteiger charge is 2.02. The quantitative estimate of drug-likeness (QED) is 0.916. The predicted molar refractivity (Wildman–Crippen MR) is 77.9 cm³/mol. The van der Waals surface area contributed by atoms with Gasteiger partial charge in [0.2, 0.25) is 0 Å². The van der Waals surface area contributed by atoms with Gasteiger partial charge in [0, 0.05) is 28.0 Å². The summed E-state index contributed by atoms with van der Waals surface area (Å²) in [7, 11) is 0. The Kier molecular flexibility index (Phi) is 4.18. The number of aryl methyl sites for hydroxylation is 2.